The highest BCUT2D eigenvalue weighted by atomic mass is 35.5. The number of nitro groups is 2. The van der Waals surface area contributed by atoms with E-state index in [-0.39, 0.29) is 56.0 Å². The van der Waals surface area contributed by atoms with Crippen molar-refractivity contribution >= 4 is 58.2 Å². The average molecular weight is 514 g/mol. The van der Waals surface area contributed by atoms with Gasteiger partial charge in [-0.05, 0) is 30.3 Å². The Morgan fingerprint density at radius 2 is 1.77 bits per heavy atom. The van der Waals surface area contributed by atoms with Crippen molar-refractivity contribution in [3.63, 3.8) is 0 Å². The summed E-state index contributed by atoms with van der Waals surface area (Å²) in [5.74, 6) is -1.51. The zero-order valence-corrected chi connectivity index (χ0v) is 19.0. The van der Waals surface area contributed by atoms with E-state index >= 15 is 0 Å². The van der Waals surface area contributed by atoms with E-state index in [0.29, 0.717) is 5.56 Å². The molecule has 35 heavy (non-hydrogen) atoms. The maximum absolute atomic E-state index is 13.0. The van der Waals surface area contributed by atoms with Gasteiger partial charge in [0.25, 0.3) is 17.3 Å². The maximum atomic E-state index is 13.0. The second kappa shape index (κ2) is 9.53. The molecule has 0 spiro atoms. The zero-order valence-electron chi connectivity index (χ0n) is 17.5. The van der Waals surface area contributed by atoms with Gasteiger partial charge in [0.15, 0.2) is 0 Å². The van der Waals surface area contributed by atoms with Crippen LogP contribution < -0.4 is 10.1 Å². The van der Waals surface area contributed by atoms with Gasteiger partial charge in [-0.25, -0.2) is 4.79 Å². The summed E-state index contributed by atoms with van der Waals surface area (Å²) in [4.78, 5) is 46.7. The van der Waals surface area contributed by atoms with E-state index < -0.39 is 21.7 Å². The number of halogens is 2. The number of rotatable bonds is 5. The molecule has 0 unspecified atom stereocenters. The number of carbonyl (C=O) groups excluding carboxylic acids is 2. The van der Waals surface area contributed by atoms with Gasteiger partial charge >= 0.3 is 5.97 Å². The summed E-state index contributed by atoms with van der Waals surface area (Å²) in [6.07, 6.45) is 1.38. The molecule has 0 bridgehead atoms. The Labute approximate surface area is 207 Å². The van der Waals surface area contributed by atoms with E-state index in [4.69, 9.17) is 27.9 Å². The lowest BCUT2D eigenvalue weighted by Crippen LogP contribution is -2.23. The number of nitrogens with zero attached hydrogens (tertiary/aromatic N) is 2. The first-order valence-electron chi connectivity index (χ1n) is 9.88. The minimum absolute atomic E-state index is 0.0132. The number of para-hydroxylation sites is 1. The van der Waals surface area contributed by atoms with Crippen LogP contribution in [0.15, 0.2) is 60.2 Å². The third-order valence-electron chi connectivity index (χ3n) is 5.09. The minimum Gasteiger partial charge on any atom is -0.422 e. The van der Waals surface area contributed by atoms with Crippen molar-refractivity contribution in [2.45, 2.75) is 6.42 Å². The first-order valence-corrected chi connectivity index (χ1v) is 10.6. The fourth-order valence-corrected chi connectivity index (χ4v) is 3.95. The van der Waals surface area contributed by atoms with Gasteiger partial charge in [0.1, 0.15) is 5.75 Å². The third kappa shape index (κ3) is 4.98. The number of benzene rings is 3. The minimum atomic E-state index is -0.777. The Balaban J connectivity index is 1.67. The van der Waals surface area contributed by atoms with Gasteiger partial charge in [-0.1, -0.05) is 35.3 Å². The molecule has 1 aliphatic heterocycles. The molecule has 1 N–H and O–H groups in total. The Bertz CT molecular complexity index is 1450. The summed E-state index contributed by atoms with van der Waals surface area (Å²) in [5.41, 5.74) is 0.404. The molecule has 4 rings (SSSR count). The lowest BCUT2D eigenvalue weighted by Gasteiger charge is -2.21. The number of fused-ring (bicyclic) bond motifs is 1. The topological polar surface area (TPSA) is 142 Å². The maximum Gasteiger partial charge on any atom is 0.339 e. The number of ether oxygens (including phenoxy) is 1. The van der Waals surface area contributed by atoms with Crippen molar-refractivity contribution in [3.8, 4) is 5.75 Å². The second-order valence-corrected chi connectivity index (χ2v) is 8.21. The van der Waals surface area contributed by atoms with E-state index in [1.54, 1.807) is 6.07 Å². The average Bonchev–Trinajstić information content (AvgIpc) is 2.80. The predicted molar refractivity (Wildman–Crippen MR) is 128 cm³/mol. The molecule has 0 atom stereocenters. The van der Waals surface area contributed by atoms with Crippen molar-refractivity contribution in [2.24, 2.45) is 0 Å². The molecule has 1 heterocycles. The van der Waals surface area contributed by atoms with Crippen LogP contribution in [0, 0.1) is 20.2 Å². The first kappa shape index (κ1) is 23.9. The van der Waals surface area contributed by atoms with Crippen LogP contribution in [0.5, 0.6) is 5.75 Å². The van der Waals surface area contributed by atoms with E-state index in [2.05, 4.69) is 5.32 Å². The van der Waals surface area contributed by atoms with Crippen LogP contribution in [0.1, 0.15) is 21.5 Å². The van der Waals surface area contributed by atoms with Gasteiger partial charge < -0.3 is 10.1 Å². The monoisotopic (exact) mass is 513 g/mol. The van der Waals surface area contributed by atoms with Gasteiger partial charge in [-0.15, -0.1) is 0 Å². The van der Waals surface area contributed by atoms with Crippen molar-refractivity contribution in [3.05, 3.63) is 107 Å². The van der Waals surface area contributed by atoms with Gasteiger partial charge in [-0.2, -0.15) is 0 Å². The molecule has 0 aromatic heterocycles. The molecule has 0 fully saturated rings. The molecule has 3 aromatic rings. The van der Waals surface area contributed by atoms with Crippen LogP contribution in [0.25, 0.3) is 6.08 Å². The standard InChI is InChI=1S/C23H13Cl2N3O7/c24-15-9-13-8-14(7-12-3-1-2-4-20(12)28(33)34)23(30)35-21(13)17(10-15)22(29)26-19-6-5-16(27(31)32)11-18(19)25/h1-7,9-11H,8H2,(H,26,29). The summed E-state index contributed by atoms with van der Waals surface area (Å²) in [6, 6.07) is 12.3. The molecule has 3 aromatic carbocycles. The van der Waals surface area contributed by atoms with Crippen LogP contribution in [0.3, 0.4) is 0 Å². The van der Waals surface area contributed by atoms with Crippen LogP contribution in [0.2, 0.25) is 10.0 Å². The molecule has 0 saturated heterocycles. The second-order valence-electron chi connectivity index (χ2n) is 7.37. The molecule has 0 radical (unpaired) electrons. The normalized spacial score (nSPS) is 13.7. The quantitative estimate of drug-likeness (QED) is 0.153. The lowest BCUT2D eigenvalue weighted by atomic mass is 9.96. The highest BCUT2D eigenvalue weighted by Crippen LogP contribution is 2.36. The van der Waals surface area contributed by atoms with Crippen LogP contribution in [0.4, 0.5) is 17.1 Å². The number of anilines is 1. The van der Waals surface area contributed by atoms with Gasteiger partial charge in [0.05, 0.1) is 31.7 Å². The van der Waals surface area contributed by atoms with E-state index in [1.165, 1.54) is 48.5 Å². The van der Waals surface area contributed by atoms with E-state index in [1.807, 2.05) is 0 Å². The summed E-state index contributed by atoms with van der Waals surface area (Å²) < 4.78 is 5.42. The number of hydrogen-bond acceptors (Lipinski definition) is 7. The molecule has 1 amide bonds. The molecule has 176 valence electrons. The number of non-ortho nitro benzene ring substituents is 1. The van der Waals surface area contributed by atoms with E-state index in [9.17, 15) is 29.8 Å². The molecular weight excluding hydrogens is 501 g/mol. The first-order chi connectivity index (χ1) is 16.6. The number of amides is 1. The summed E-state index contributed by atoms with van der Waals surface area (Å²) in [5, 5.41) is 24.8. The molecule has 0 saturated carbocycles. The zero-order chi connectivity index (χ0) is 25.3. The lowest BCUT2D eigenvalue weighted by molar-refractivity contribution is -0.385. The largest absolute Gasteiger partial charge is 0.422 e. The molecular formula is C23H13Cl2N3O7. The molecule has 10 nitrogen and oxygen atoms in total. The van der Waals surface area contributed by atoms with Gasteiger partial charge in [0.2, 0.25) is 0 Å². The Morgan fingerprint density at radius 3 is 2.46 bits per heavy atom. The number of hydrogen-bond donors (Lipinski definition) is 1. The third-order valence-corrected chi connectivity index (χ3v) is 5.62. The van der Waals surface area contributed by atoms with Crippen LogP contribution >= 0.6 is 23.2 Å². The summed E-state index contributed by atoms with van der Waals surface area (Å²) in [6.45, 7) is 0. The smallest absolute Gasteiger partial charge is 0.339 e. The fraction of sp³-hybridized carbons (Fsp3) is 0.0435. The predicted octanol–water partition coefficient (Wildman–Crippen LogP) is 5.61. The van der Waals surface area contributed by atoms with Crippen molar-refractivity contribution in [1.82, 2.24) is 0 Å². The SMILES string of the molecule is O=C1Oc2c(cc(Cl)cc2C(=O)Nc2ccc([N+](=O)[O-])cc2Cl)CC1=Cc1ccccc1[N+](=O)[O-]. The Kier molecular flexibility index (Phi) is 6.50. The highest BCUT2D eigenvalue weighted by molar-refractivity contribution is 6.34. The van der Waals surface area contributed by atoms with Crippen molar-refractivity contribution in [2.75, 3.05) is 5.32 Å². The molecule has 1 aliphatic rings. The van der Waals surface area contributed by atoms with Crippen molar-refractivity contribution < 1.29 is 24.2 Å². The number of esters is 1. The fourth-order valence-electron chi connectivity index (χ4n) is 3.49. The summed E-state index contributed by atoms with van der Waals surface area (Å²) >= 11 is 12.2. The van der Waals surface area contributed by atoms with Gasteiger partial charge in [-0.3, -0.25) is 25.0 Å². The van der Waals surface area contributed by atoms with E-state index in [0.717, 1.165) is 6.07 Å². The molecule has 12 heteroatoms. The van der Waals surface area contributed by atoms with Crippen LogP contribution in [-0.4, -0.2) is 21.7 Å². The number of carbonyl (C=O) groups is 2. The number of nitrogens with one attached hydrogen (secondary N) is 1. The Morgan fingerprint density at radius 1 is 1.03 bits per heavy atom. The molecule has 0 aliphatic carbocycles. The highest BCUT2D eigenvalue weighted by Gasteiger charge is 2.29. The summed E-state index contributed by atoms with van der Waals surface area (Å²) in [7, 11) is 0. The van der Waals surface area contributed by atoms with Crippen molar-refractivity contribution in [1.29, 1.82) is 0 Å². The number of nitro benzene ring substituents is 2. The Hall–Kier alpha value is -4.28. The van der Waals surface area contributed by atoms with Gasteiger partial charge in [0, 0.05) is 40.8 Å². The van der Waals surface area contributed by atoms with Crippen LogP contribution in [-0.2, 0) is 11.2 Å².